The first-order valence-electron chi connectivity index (χ1n) is 7.66. The van der Waals surface area contributed by atoms with Crippen molar-refractivity contribution in [1.82, 2.24) is 5.32 Å². The highest BCUT2D eigenvalue weighted by Gasteiger charge is 2.06. The second-order valence-corrected chi connectivity index (χ2v) is 5.21. The topological polar surface area (TPSA) is 21.3 Å². The Labute approximate surface area is 118 Å². The summed E-state index contributed by atoms with van der Waals surface area (Å²) in [6, 6.07) is 9.01. The van der Waals surface area contributed by atoms with E-state index >= 15 is 0 Å². The zero-order valence-electron chi connectivity index (χ0n) is 12.7. The molecule has 1 N–H and O–H groups in total. The molecular formula is C17H29NO. The summed E-state index contributed by atoms with van der Waals surface area (Å²) in [5.41, 5.74) is 1.33. The van der Waals surface area contributed by atoms with Crippen LogP contribution in [0.15, 0.2) is 24.3 Å². The van der Waals surface area contributed by atoms with E-state index in [9.17, 15) is 0 Å². The highest BCUT2D eigenvalue weighted by atomic mass is 16.5. The lowest BCUT2D eigenvalue weighted by atomic mass is 10.0. The van der Waals surface area contributed by atoms with Gasteiger partial charge in [-0.1, -0.05) is 51.7 Å². The van der Waals surface area contributed by atoms with Crippen LogP contribution >= 0.6 is 0 Å². The van der Waals surface area contributed by atoms with Gasteiger partial charge in [0.15, 0.2) is 0 Å². The van der Waals surface area contributed by atoms with Crippen LogP contribution in [-0.4, -0.2) is 13.2 Å². The van der Waals surface area contributed by atoms with Crippen LogP contribution in [0.25, 0.3) is 0 Å². The fourth-order valence-electron chi connectivity index (χ4n) is 2.34. The van der Waals surface area contributed by atoms with E-state index in [1.165, 1.54) is 44.1 Å². The number of hydrogen-bond donors (Lipinski definition) is 1. The number of benzene rings is 1. The van der Waals surface area contributed by atoms with Gasteiger partial charge in [0.05, 0.1) is 7.11 Å². The average Bonchev–Trinajstić information content (AvgIpc) is 2.45. The first kappa shape index (κ1) is 16.0. The maximum absolute atomic E-state index is 5.18. The molecule has 0 bridgehead atoms. The molecule has 0 aliphatic heterocycles. The van der Waals surface area contributed by atoms with Gasteiger partial charge in [-0.2, -0.15) is 0 Å². The van der Waals surface area contributed by atoms with E-state index in [0.717, 1.165) is 12.3 Å². The number of unbranched alkanes of at least 4 members (excludes halogenated alkanes) is 2. The highest BCUT2D eigenvalue weighted by Crippen LogP contribution is 2.13. The zero-order chi connectivity index (χ0) is 13.9. The number of rotatable bonds is 10. The van der Waals surface area contributed by atoms with Gasteiger partial charge in [0.2, 0.25) is 0 Å². The van der Waals surface area contributed by atoms with Gasteiger partial charge < -0.3 is 10.1 Å². The Balaban J connectivity index is 2.36. The SMILES string of the molecule is CCCCCC(CCC)NCc1ccc(OC)cc1. The number of methoxy groups -OCH3 is 1. The number of ether oxygens (including phenoxy) is 1. The number of hydrogen-bond acceptors (Lipinski definition) is 2. The van der Waals surface area contributed by atoms with E-state index in [-0.39, 0.29) is 0 Å². The second-order valence-electron chi connectivity index (χ2n) is 5.21. The van der Waals surface area contributed by atoms with Crippen molar-refractivity contribution < 1.29 is 4.74 Å². The largest absolute Gasteiger partial charge is 0.497 e. The lowest BCUT2D eigenvalue weighted by molar-refractivity contribution is 0.413. The lowest BCUT2D eigenvalue weighted by Gasteiger charge is -2.18. The molecule has 0 amide bonds. The summed E-state index contributed by atoms with van der Waals surface area (Å²) in [5.74, 6) is 0.928. The van der Waals surface area contributed by atoms with Gasteiger partial charge in [-0.05, 0) is 30.5 Å². The van der Waals surface area contributed by atoms with E-state index in [4.69, 9.17) is 4.74 Å². The minimum atomic E-state index is 0.665. The van der Waals surface area contributed by atoms with E-state index < -0.39 is 0 Å². The molecule has 0 fully saturated rings. The molecule has 1 atom stereocenters. The van der Waals surface area contributed by atoms with Crippen LogP contribution in [0.1, 0.15) is 57.9 Å². The fraction of sp³-hybridized carbons (Fsp3) is 0.647. The van der Waals surface area contributed by atoms with Crippen LogP contribution in [0.2, 0.25) is 0 Å². The third-order valence-corrected chi connectivity index (χ3v) is 3.55. The smallest absolute Gasteiger partial charge is 0.118 e. The van der Waals surface area contributed by atoms with Crippen molar-refractivity contribution in [2.24, 2.45) is 0 Å². The standard InChI is InChI=1S/C17H29NO/c1-4-6-7-9-16(8-5-2)18-14-15-10-12-17(19-3)13-11-15/h10-13,16,18H,4-9,14H2,1-3H3. The van der Waals surface area contributed by atoms with Crippen LogP contribution in [0, 0.1) is 0 Å². The minimum absolute atomic E-state index is 0.665. The first-order chi connectivity index (χ1) is 9.30. The summed E-state index contributed by atoms with van der Waals surface area (Å²) in [4.78, 5) is 0. The Hall–Kier alpha value is -1.02. The van der Waals surface area contributed by atoms with Gasteiger partial charge in [-0.3, -0.25) is 0 Å². The molecule has 1 aromatic rings. The molecule has 1 aromatic carbocycles. The Kier molecular flexibility index (Phi) is 8.31. The summed E-state index contributed by atoms with van der Waals surface area (Å²) < 4.78 is 5.18. The Morgan fingerprint density at radius 1 is 1.00 bits per heavy atom. The van der Waals surface area contributed by atoms with Crippen molar-refractivity contribution in [3.8, 4) is 5.75 Å². The molecule has 0 radical (unpaired) electrons. The van der Waals surface area contributed by atoms with E-state index in [1.54, 1.807) is 7.11 Å². The lowest BCUT2D eigenvalue weighted by Crippen LogP contribution is -2.28. The Morgan fingerprint density at radius 3 is 2.32 bits per heavy atom. The van der Waals surface area contributed by atoms with Gasteiger partial charge in [0.25, 0.3) is 0 Å². The fourth-order valence-corrected chi connectivity index (χ4v) is 2.34. The maximum Gasteiger partial charge on any atom is 0.118 e. The number of nitrogens with one attached hydrogen (secondary N) is 1. The molecule has 1 unspecified atom stereocenters. The van der Waals surface area contributed by atoms with Crippen LogP contribution in [0.5, 0.6) is 5.75 Å². The van der Waals surface area contributed by atoms with Gasteiger partial charge in [0, 0.05) is 12.6 Å². The van der Waals surface area contributed by atoms with E-state index in [2.05, 4.69) is 31.3 Å². The highest BCUT2D eigenvalue weighted by molar-refractivity contribution is 5.27. The molecule has 0 aromatic heterocycles. The van der Waals surface area contributed by atoms with Crippen molar-refractivity contribution in [3.63, 3.8) is 0 Å². The monoisotopic (exact) mass is 263 g/mol. The second kappa shape index (κ2) is 9.85. The van der Waals surface area contributed by atoms with Gasteiger partial charge in [-0.15, -0.1) is 0 Å². The Morgan fingerprint density at radius 2 is 1.74 bits per heavy atom. The normalized spacial score (nSPS) is 12.4. The van der Waals surface area contributed by atoms with Crippen LogP contribution in [-0.2, 0) is 6.54 Å². The van der Waals surface area contributed by atoms with Crippen LogP contribution in [0.3, 0.4) is 0 Å². The predicted octanol–water partition coefficient (Wildman–Crippen LogP) is 4.53. The van der Waals surface area contributed by atoms with Gasteiger partial charge >= 0.3 is 0 Å². The summed E-state index contributed by atoms with van der Waals surface area (Å²) in [7, 11) is 1.71. The van der Waals surface area contributed by atoms with Crippen molar-refractivity contribution in [2.45, 2.75) is 65.0 Å². The summed E-state index contributed by atoms with van der Waals surface area (Å²) in [6.07, 6.45) is 7.84. The molecular weight excluding hydrogens is 234 g/mol. The summed E-state index contributed by atoms with van der Waals surface area (Å²) in [6.45, 7) is 5.49. The summed E-state index contributed by atoms with van der Waals surface area (Å²) >= 11 is 0. The average molecular weight is 263 g/mol. The molecule has 0 saturated heterocycles. The molecule has 1 rings (SSSR count). The predicted molar refractivity (Wildman–Crippen MR) is 82.7 cm³/mol. The quantitative estimate of drug-likeness (QED) is 0.626. The maximum atomic E-state index is 5.18. The molecule has 0 spiro atoms. The zero-order valence-corrected chi connectivity index (χ0v) is 12.7. The first-order valence-corrected chi connectivity index (χ1v) is 7.66. The van der Waals surface area contributed by atoms with Crippen LogP contribution in [0.4, 0.5) is 0 Å². The minimum Gasteiger partial charge on any atom is -0.497 e. The third-order valence-electron chi connectivity index (χ3n) is 3.55. The molecule has 0 saturated carbocycles. The molecule has 2 nitrogen and oxygen atoms in total. The molecule has 19 heavy (non-hydrogen) atoms. The molecule has 2 heteroatoms. The van der Waals surface area contributed by atoms with Crippen LogP contribution < -0.4 is 10.1 Å². The molecule has 0 aliphatic carbocycles. The van der Waals surface area contributed by atoms with E-state index in [1.807, 2.05) is 12.1 Å². The molecule has 108 valence electrons. The van der Waals surface area contributed by atoms with Crippen molar-refractivity contribution in [2.75, 3.05) is 7.11 Å². The van der Waals surface area contributed by atoms with Gasteiger partial charge in [0.1, 0.15) is 5.75 Å². The van der Waals surface area contributed by atoms with E-state index in [0.29, 0.717) is 6.04 Å². The van der Waals surface area contributed by atoms with Crippen molar-refractivity contribution in [3.05, 3.63) is 29.8 Å². The molecule has 0 heterocycles. The summed E-state index contributed by atoms with van der Waals surface area (Å²) in [5, 5.41) is 3.69. The third kappa shape index (κ3) is 6.63. The van der Waals surface area contributed by atoms with Gasteiger partial charge in [-0.25, -0.2) is 0 Å². The molecule has 0 aliphatic rings. The van der Waals surface area contributed by atoms with Crippen molar-refractivity contribution >= 4 is 0 Å². The van der Waals surface area contributed by atoms with Crippen molar-refractivity contribution in [1.29, 1.82) is 0 Å². The Bertz CT molecular complexity index is 321.